The minimum Gasteiger partial charge on any atom is -0.337 e. The molecule has 3 atom stereocenters. The molecular weight excluding hydrogens is 368 g/mol. The zero-order valence-electron chi connectivity index (χ0n) is 19.2. The highest BCUT2D eigenvalue weighted by Crippen LogP contribution is 2.36. The van der Waals surface area contributed by atoms with Crippen LogP contribution in [0.1, 0.15) is 52.9 Å². The summed E-state index contributed by atoms with van der Waals surface area (Å²) in [6.45, 7) is 8.64. The van der Waals surface area contributed by atoms with E-state index in [9.17, 15) is 14.4 Å². The lowest BCUT2D eigenvalue weighted by Gasteiger charge is -2.45. The van der Waals surface area contributed by atoms with Gasteiger partial charge in [0, 0.05) is 45.1 Å². The number of hydrogen-bond donors (Lipinski definition) is 1. The second-order valence-electron chi connectivity index (χ2n) is 10.0. The fourth-order valence-electron chi connectivity index (χ4n) is 5.08. The van der Waals surface area contributed by atoms with Gasteiger partial charge in [0.1, 0.15) is 5.78 Å². The first-order valence-electron chi connectivity index (χ1n) is 11.0. The molecule has 0 bridgehead atoms. The number of rotatable bonds is 7. The Morgan fingerprint density at radius 1 is 1.28 bits per heavy atom. The Hall–Kier alpha value is -1.47. The van der Waals surface area contributed by atoms with Crippen molar-refractivity contribution >= 4 is 17.7 Å². The molecule has 2 fully saturated rings. The average Bonchev–Trinajstić information content (AvgIpc) is 2.62. The van der Waals surface area contributed by atoms with E-state index in [0.29, 0.717) is 50.7 Å². The number of piperidine rings is 1. The van der Waals surface area contributed by atoms with Gasteiger partial charge in [0.25, 0.3) is 0 Å². The van der Waals surface area contributed by atoms with Gasteiger partial charge in [-0.3, -0.25) is 14.5 Å². The number of nitrogens with one attached hydrogen (secondary N) is 1. The summed E-state index contributed by atoms with van der Waals surface area (Å²) in [5.74, 6) is 0.214. The minimum absolute atomic E-state index is 0.0825. The Balaban J connectivity index is 2.02. The van der Waals surface area contributed by atoms with Crippen molar-refractivity contribution in [3.8, 4) is 0 Å². The molecule has 0 spiro atoms. The third kappa shape index (κ3) is 6.51. The molecule has 1 saturated heterocycles. The van der Waals surface area contributed by atoms with Crippen molar-refractivity contribution in [2.24, 2.45) is 17.3 Å². The number of amides is 3. The molecule has 0 unspecified atom stereocenters. The molecule has 0 aromatic heterocycles. The van der Waals surface area contributed by atoms with Crippen molar-refractivity contribution in [1.82, 2.24) is 20.0 Å². The first-order valence-corrected chi connectivity index (χ1v) is 11.0. The van der Waals surface area contributed by atoms with E-state index in [1.54, 1.807) is 0 Å². The maximum Gasteiger partial charge on any atom is 0.324 e. The zero-order valence-corrected chi connectivity index (χ0v) is 19.2. The zero-order chi connectivity index (χ0) is 21.8. The largest absolute Gasteiger partial charge is 0.337 e. The molecule has 1 aliphatic carbocycles. The Morgan fingerprint density at radius 3 is 2.59 bits per heavy atom. The lowest BCUT2D eigenvalue weighted by atomic mass is 9.74. The predicted molar refractivity (Wildman–Crippen MR) is 115 cm³/mol. The fraction of sp³-hybridized carbons (Fsp3) is 0.864. The summed E-state index contributed by atoms with van der Waals surface area (Å²) in [6.07, 6.45) is 3.54. The molecule has 1 aliphatic heterocycles. The van der Waals surface area contributed by atoms with Gasteiger partial charge in [-0.05, 0) is 51.7 Å². The third-order valence-electron chi connectivity index (χ3n) is 6.18. The number of carbonyl (C=O) groups excluding carboxylic acids is 3. The van der Waals surface area contributed by atoms with Gasteiger partial charge in [0.05, 0.1) is 5.92 Å². The number of ketones is 1. The molecule has 0 aromatic rings. The van der Waals surface area contributed by atoms with Gasteiger partial charge < -0.3 is 15.1 Å². The Kier molecular flexibility index (Phi) is 8.23. The highest BCUT2D eigenvalue weighted by molar-refractivity contribution is 5.95. The quantitative estimate of drug-likeness (QED) is 0.699. The van der Waals surface area contributed by atoms with Crippen LogP contribution in [0.5, 0.6) is 0 Å². The number of nitrogens with zero attached hydrogens (tertiary/aromatic N) is 3. The third-order valence-corrected chi connectivity index (χ3v) is 6.18. The van der Waals surface area contributed by atoms with Gasteiger partial charge in [0.15, 0.2) is 0 Å². The summed E-state index contributed by atoms with van der Waals surface area (Å²) in [5, 5.41) is 2.98. The Bertz CT molecular complexity index is 605. The molecule has 7 nitrogen and oxygen atoms in total. The number of hydrogen-bond acceptors (Lipinski definition) is 5. The summed E-state index contributed by atoms with van der Waals surface area (Å²) in [4.78, 5) is 43.8. The SMILES string of the molecule is CCCN(C(=O)NCC(C)(C)CN(C)C)C(=O)[C@@H]1C[C@@H]2CC(=O)CC[C@H]2N(C)C1. The number of fused-ring (bicyclic) bond motifs is 1. The molecule has 1 N–H and O–H groups in total. The maximum atomic E-state index is 13.3. The summed E-state index contributed by atoms with van der Waals surface area (Å²) >= 11 is 0. The topological polar surface area (TPSA) is 73.0 Å². The van der Waals surface area contributed by atoms with Gasteiger partial charge in [-0.25, -0.2) is 4.79 Å². The summed E-state index contributed by atoms with van der Waals surface area (Å²) in [5.41, 5.74) is -0.0825. The molecule has 1 saturated carbocycles. The van der Waals surface area contributed by atoms with Crippen molar-refractivity contribution in [3.05, 3.63) is 0 Å². The molecule has 0 radical (unpaired) electrons. The predicted octanol–water partition coefficient (Wildman–Crippen LogP) is 2.21. The Morgan fingerprint density at radius 2 is 1.97 bits per heavy atom. The van der Waals surface area contributed by atoms with E-state index in [1.165, 1.54) is 4.90 Å². The number of carbonyl (C=O) groups is 3. The van der Waals surface area contributed by atoms with Crippen LogP contribution >= 0.6 is 0 Å². The van der Waals surface area contributed by atoms with Crippen LogP contribution in [0.25, 0.3) is 0 Å². The Labute approximate surface area is 176 Å². The van der Waals surface area contributed by atoms with Crippen molar-refractivity contribution in [3.63, 3.8) is 0 Å². The van der Waals surface area contributed by atoms with Gasteiger partial charge in [-0.2, -0.15) is 0 Å². The van der Waals surface area contributed by atoms with Crippen molar-refractivity contribution in [1.29, 1.82) is 0 Å². The van der Waals surface area contributed by atoms with Crippen LogP contribution in [0.2, 0.25) is 0 Å². The number of imide groups is 1. The van der Waals surface area contributed by atoms with E-state index in [1.807, 2.05) is 28.1 Å². The standard InChI is InChI=1S/C22H40N4O3/c1-7-10-26(21(29)23-14-22(2,3)15-24(4)5)20(28)17-11-16-12-18(27)8-9-19(16)25(6)13-17/h16-17,19H,7-15H2,1-6H3,(H,23,29)/t16-,17-,19-/m1/s1. The number of likely N-dealkylation sites (tertiary alicyclic amines) is 1. The molecule has 166 valence electrons. The van der Waals surface area contributed by atoms with Crippen molar-refractivity contribution in [2.75, 3.05) is 47.3 Å². The van der Waals surface area contributed by atoms with Crippen LogP contribution in [0.3, 0.4) is 0 Å². The van der Waals surface area contributed by atoms with E-state index < -0.39 is 0 Å². The van der Waals surface area contributed by atoms with E-state index in [4.69, 9.17) is 0 Å². The average molecular weight is 409 g/mol. The second-order valence-corrected chi connectivity index (χ2v) is 10.0. The van der Waals surface area contributed by atoms with E-state index in [2.05, 4.69) is 29.0 Å². The minimum atomic E-state index is -0.298. The fourth-order valence-corrected chi connectivity index (χ4v) is 5.08. The smallest absolute Gasteiger partial charge is 0.324 e. The highest BCUT2D eigenvalue weighted by Gasteiger charge is 2.42. The lowest BCUT2D eigenvalue weighted by Crippen LogP contribution is -2.55. The highest BCUT2D eigenvalue weighted by atomic mass is 16.2. The van der Waals surface area contributed by atoms with Crippen molar-refractivity contribution < 1.29 is 14.4 Å². The van der Waals surface area contributed by atoms with Crippen LogP contribution in [0.4, 0.5) is 4.79 Å². The van der Waals surface area contributed by atoms with Gasteiger partial charge in [-0.15, -0.1) is 0 Å². The number of urea groups is 1. The second kappa shape index (κ2) is 10.0. The van der Waals surface area contributed by atoms with Crippen LogP contribution in [0.15, 0.2) is 0 Å². The van der Waals surface area contributed by atoms with Crippen LogP contribution in [-0.4, -0.2) is 85.8 Å². The summed E-state index contributed by atoms with van der Waals surface area (Å²) in [7, 11) is 6.07. The van der Waals surface area contributed by atoms with E-state index in [-0.39, 0.29) is 29.2 Å². The lowest BCUT2D eigenvalue weighted by molar-refractivity contribution is -0.138. The molecule has 1 heterocycles. The van der Waals surface area contributed by atoms with Gasteiger partial charge in [-0.1, -0.05) is 20.8 Å². The normalized spacial score (nSPS) is 25.6. The summed E-state index contributed by atoms with van der Waals surface area (Å²) in [6, 6.07) is 0.0882. The summed E-state index contributed by atoms with van der Waals surface area (Å²) < 4.78 is 0. The van der Waals surface area contributed by atoms with E-state index in [0.717, 1.165) is 19.4 Å². The molecular formula is C22H40N4O3. The van der Waals surface area contributed by atoms with Crippen LogP contribution < -0.4 is 5.32 Å². The van der Waals surface area contributed by atoms with Crippen LogP contribution in [-0.2, 0) is 9.59 Å². The molecule has 2 aliphatic rings. The first kappa shape index (κ1) is 23.8. The monoisotopic (exact) mass is 408 g/mol. The molecule has 0 aromatic carbocycles. The molecule has 3 amide bonds. The van der Waals surface area contributed by atoms with Gasteiger partial charge in [0.2, 0.25) is 5.91 Å². The maximum absolute atomic E-state index is 13.3. The molecule has 29 heavy (non-hydrogen) atoms. The van der Waals surface area contributed by atoms with Crippen LogP contribution in [0, 0.1) is 17.3 Å². The first-order chi connectivity index (χ1) is 13.5. The van der Waals surface area contributed by atoms with Crippen molar-refractivity contribution in [2.45, 2.75) is 58.9 Å². The number of Topliss-reactive ketones (excluding diaryl/α,β-unsaturated/α-hetero) is 1. The van der Waals surface area contributed by atoms with Gasteiger partial charge >= 0.3 is 6.03 Å². The molecule has 7 heteroatoms. The molecule has 2 rings (SSSR count). The van der Waals surface area contributed by atoms with E-state index >= 15 is 0 Å².